The summed E-state index contributed by atoms with van der Waals surface area (Å²) in [6.07, 6.45) is -3.24. The highest BCUT2D eigenvalue weighted by Crippen LogP contribution is 2.49. The second-order valence-electron chi connectivity index (χ2n) is 5.21. The quantitative estimate of drug-likeness (QED) is 0.830. The van der Waals surface area contributed by atoms with Gasteiger partial charge in [0.1, 0.15) is 6.61 Å². The van der Waals surface area contributed by atoms with Crippen molar-refractivity contribution in [3.05, 3.63) is 35.9 Å². The fraction of sp³-hybridized carbons (Fsp3) is 0.600. The van der Waals surface area contributed by atoms with E-state index in [9.17, 15) is 13.2 Å². The van der Waals surface area contributed by atoms with Gasteiger partial charge in [-0.15, -0.1) is 0 Å². The first-order chi connectivity index (χ1) is 9.51. The van der Waals surface area contributed by atoms with Gasteiger partial charge in [0.05, 0.1) is 6.61 Å². The number of alkyl halides is 3. The van der Waals surface area contributed by atoms with Crippen LogP contribution in [0.15, 0.2) is 30.3 Å². The Balaban J connectivity index is 1.84. The van der Waals surface area contributed by atoms with Crippen molar-refractivity contribution in [1.82, 2.24) is 5.32 Å². The molecule has 0 aliphatic heterocycles. The highest BCUT2D eigenvalue weighted by Gasteiger charge is 2.43. The Kier molecular flexibility index (Phi) is 5.05. The monoisotopic (exact) mass is 287 g/mol. The molecule has 0 radical (unpaired) electrons. The van der Waals surface area contributed by atoms with Crippen molar-refractivity contribution in [2.75, 3.05) is 19.8 Å². The summed E-state index contributed by atoms with van der Waals surface area (Å²) in [4.78, 5) is 0. The van der Waals surface area contributed by atoms with Crippen LogP contribution < -0.4 is 5.32 Å². The van der Waals surface area contributed by atoms with Gasteiger partial charge in [-0.1, -0.05) is 37.3 Å². The second kappa shape index (κ2) is 6.59. The van der Waals surface area contributed by atoms with Crippen molar-refractivity contribution in [1.29, 1.82) is 0 Å². The van der Waals surface area contributed by atoms with E-state index in [1.54, 1.807) is 0 Å². The summed E-state index contributed by atoms with van der Waals surface area (Å²) in [5.74, 6) is 0.806. The molecule has 1 saturated carbocycles. The lowest BCUT2D eigenvalue weighted by molar-refractivity contribution is -0.175. The third kappa shape index (κ3) is 4.49. The molecule has 3 atom stereocenters. The van der Waals surface area contributed by atoms with Crippen molar-refractivity contribution in [2.24, 2.45) is 5.92 Å². The largest absolute Gasteiger partial charge is 0.411 e. The lowest BCUT2D eigenvalue weighted by Gasteiger charge is -2.19. The van der Waals surface area contributed by atoms with Gasteiger partial charge in [-0.25, -0.2) is 0 Å². The molecule has 1 aromatic carbocycles. The first kappa shape index (κ1) is 15.3. The Hall–Kier alpha value is -1.07. The summed E-state index contributed by atoms with van der Waals surface area (Å²) in [5, 5.41) is 3.24. The molecule has 0 heterocycles. The molecule has 20 heavy (non-hydrogen) atoms. The van der Waals surface area contributed by atoms with Crippen molar-refractivity contribution in [3.63, 3.8) is 0 Å². The molecular formula is C15H20F3NO. The molecule has 112 valence electrons. The van der Waals surface area contributed by atoms with Crippen LogP contribution in [0.4, 0.5) is 13.2 Å². The summed E-state index contributed by atoms with van der Waals surface area (Å²) in [5.41, 5.74) is 1.26. The molecule has 1 aliphatic carbocycles. The number of nitrogens with one attached hydrogen (secondary N) is 1. The molecule has 1 aliphatic rings. The van der Waals surface area contributed by atoms with Crippen LogP contribution >= 0.6 is 0 Å². The normalized spacial score (nSPS) is 23.6. The number of rotatable bonds is 7. The van der Waals surface area contributed by atoms with Gasteiger partial charge in [-0.05, 0) is 30.4 Å². The minimum atomic E-state index is -4.25. The molecule has 0 bridgehead atoms. The second-order valence-corrected chi connectivity index (χ2v) is 5.21. The molecule has 1 N–H and O–H groups in total. The number of benzene rings is 1. The minimum absolute atomic E-state index is 0.00689. The number of hydrogen-bond donors (Lipinski definition) is 1. The first-order valence-corrected chi connectivity index (χ1v) is 6.94. The number of hydrogen-bond acceptors (Lipinski definition) is 2. The molecule has 2 rings (SSSR count). The van der Waals surface area contributed by atoms with Gasteiger partial charge in [-0.2, -0.15) is 13.2 Å². The summed E-state index contributed by atoms with van der Waals surface area (Å²) in [6, 6.07) is 10.1. The predicted molar refractivity (Wildman–Crippen MR) is 71.6 cm³/mol. The predicted octanol–water partition coefficient (Wildman–Crippen LogP) is 3.35. The van der Waals surface area contributed by atoms with Gasteiger partial charge in [0, 0.05) is 6.04 Å². The zero-order valence-electron chi connectivity index (χ0n) is 11.5. The van der Waals surface area contributed by atoms with E-state index in [4.69, 9.17) is 4.74 Å². The van der Waals surface area contributed by atoms with E-state index < -0.39 is 12.8 Å². The third-order valence-electron chi connectivity index (χ3n) is 3.61. The Morgan fingerprint density at radius 3 is 2.60 bits per heavy atom. The molecule has 1 fully saturated rings. The molecule has 0 saturated heterocycles. The highest BCUT2D eigenvalue weighted by atomic mass is 19.4. The summed E-state index contributed by atoms with van der Waals surface area (Å²) in [7, 11) is 0. The summed E-state index contributed by atoms with van der Waals surface area (Å²) < 4.78 is 41.1. The van der Waals surface area contributed by atoms with Crippen molar-refractivity contribution in [2.45, 2.75) is 31.5 Å². The number of halogens is 3. The molecule has 5 heteroatoms. The summed E-state index contributed by atoms with van der Waals surface area (Å²) >= 11 is 0. The third-order valence-corrected chi connectivity index (χ3v) is 3.61. The average Bonchev–Trinajstić information content (AvgIpc) is 3.17. The standard InChI is InChI=1S/C15H20F3NO/c1-2-19-14(9-20-10-15(16,17)18)13-8-12(13)11-6-4-3-5-7-11/h3-7,12-14,19H,2,8-10H2,1H3. The van der Waals surface area contributed by atoms with Gasteiger partial charge < -0.3 is 10.1 Å². The molecule has 1 aromatic rings. The maximum Gasteiger partial charge on any atom is 0.411 e. The van der Waals surface area contributed by atoms with Crippen molar-refractivity contribution < 1.29 is 17.9 Å². The van der Waals surface area contributed by atoms with Gasteiger partial charge in [0.15, 0.2) is 0 Å². The molecule has 0 spiro atoms. The van der Waals surface area contributed by atoms with Gasteiger partial charge in [0.2, 0.25) is 0 Å². The van der Waals surface area contributed by atoms with Crippen LogP contribution in [-0.4, -0.2) is 32.0 Å². The Bertz CT molecular complexity index is 407. The Morgan fingerprint density at radius 2 is 2.00 bits per heavy atom. The van der Waals surface area contributed by atoms with E-state index in [1.165, 1.54) is 5.56 Å². The molecule has 2 nitrogen and oxygen atoms in total. The average molecular weight is 287 g/mol. The topological polar surface area (TPSA) is 21.3 Å². The van der Waals surface area contributed by atoms with Crippen LogP contribution in [0.5, 0.6) is 0 Å². The lowest BCUT2D eigenvalue weighted by Crippen LogP contribution is -2.37. The SMILES string of the molecule is CCNC(COCC(F)(F)F)C1CC1c1ccccc1. The van der Waals surface area contributed by atoms with Crippen LogP contribution in [0.1, 0.15) is 24.8 Å². The maximum absolute atomic E-state index is 12.1. The van der Waals surface area contributed by atoms with E-state index in [-0.39, 0.29) is 12.6 Å². The van der Waals surface area contributed by atoms with Crippen LogP contribution in [0.25, 0.3) is 0 Å². The number of likely N-dealkylation sites (N-methyl/N-ethyl adjacent to an activating group) is 1. The fourth-order valence-electron chi connectivity index (χ4n) is 2.64. The Morgan fingerprint density at radius 1 is 1.30 bits per heavy atom. The minimum Gasteiger partial charge on any atom is -0.370 e. The maximum atomic E-state index is 12.1. The van der Waals surface area contributed by atoms with E-state index >= 15 is 0 Å². The van der Waals surface area contributed by atoms with Crippen molar-refractivity contribution in [3.8, 4) is 0 Å². The van der Waals surface area contributed by atoms with Crippen LogP contribution in [0.3, 0.4) is 0 Å². The summed E-state index contributed by atoms with van der Waals surface area (Å²) in [6.45, 7) is 1.63. The lowest BCUT2D eigenvalue weighted by atomic mass is 10.1. The molecular weight excluding hydrogens is 267 g/mol. The molecule has 3 unspecified atom stereocenters. The smallest absolute Gasteiger partial charge is 0.370 e. The van der Waals surface area contributed by atoms with E-state index in [0.717, 1.165) is 13.0 Å². The van der Waals surface area contributed by atoms with E-state index in [0.29, 0.717) is 11.8 Å². The van der Waals surface area contributed by atoms with E-state index in [2.05, 4.69) is 17.4 Å². The zero-order chi connectivity index (χ0) is 14.6. The van der Waals surface area contributed by atoms with Gasteiger partial charge in [0.25, 0.3) is 0 Å². The van der Waals surface area contributed by atoms with Crippen molar-refractivity contribution >= 4 is 0 Å². The van der Waals surface area contributed by atoms with Crippen LogP contribution in [-0.2, 0) is 4.74 Å². The first-order valence-electron chi connectivity index (χ1n) is 6.94. The van der Waals surface area contributed by atoms with Gasteiger partial charge in [-0.3, -0.25) is 0 Å². The molecule has 0 aromatic heterocycles. The van der Waals surface area contributed by atoms with E-state index in [1.807, 2.05) is 25.1 Å². The number of ether oxygens (including phenoxy) is 1. The highest BCUT2D eigenvalue weighted by molar-refractivity contribution is 5.26. The Labute approximate surface area is 117 Å². The van der Waals surface area contributed by atoms with Crippen LogP contribution in [0.2, 0.25) is 0 Å². The fourth-order valence-corrected chi connectivity index (χ4v) is 2.64. The van der Waals surface area contributed by atoms with Gasteiger partial charge >= 0.3 is 6.18 Å². The molecule has 0 amide bonds. The zero-order valence-corrected chi connectivity index (χ0v) is 11.5. The van der Waals surface area contributed by atoms with Crippen LogP contribution in [0, 0.1) is 5.92 Å².